The fourth-order valence-corrected chi connectivity index (χ4v) is 1.84. The number of halogens is 1. The third-order valence-electron chi connectivity index (χ3n) is 2.64. The summed E-state index contributed by atoms with van der Waals surface area (Å²) in [5.41, 5.74) is 1.77. The van der Waals surface area contributed by atoms with Crippen molar-refractivity contribution in [2.75, 3.05) is 7.11 Å². The summed E-state index contributed by atoms with van der Waals surface area (Å²) < 4.78 is 19.0. The molecule has 1 N–H and O–H groups in total. The molecular formula is C14H13FO2. The van der Waals surface area contributed by atoms with Crippen LogP contribution in [0.3, 0.4) is 0 Å². The first-order valence-electron chi connectivity index (χ1n) is 5.29. The number of para-hydroxylation sites is 1. The molecule has 17 heavy (non-hydrogen) atoms. The minimum absolute atomic E-state index is 0.133. The Morgan fingerprint density at radius 1 is 1.06 bits per heavy atom. The van der Waals surface area contributed by atoms with Crippen molar-refractivity contribution in [1.29, 1.82) is 0 Å². The second kappa shape index (κ2) is 4.97. The van der Waals surface area contributed by atoms with Crippen LogP contribution in [0.25, 0.3) is 11.1 Å². The number of aliphatic hydroxyl groups excluding tert-OH is 1. The molecule has 0 unspecified atom stereocenters. The van der Waals surface area contributed by atoms with E-state index in [0.717, 1.165) is 0 Å². The first kappa shape index (κ1) is 11.6. The van der Waals surface area contributed by atoms with Gasteiger partial charge in [-0.1, -0.05) is 36.4 Å². The van der Waals surface area contributed by atoms with E-state index in [1.807, 2.05) is 0 Å². The van der Waals surface area contributed by atoms with Gasteiger partial charge in [-0.2, -0.15) is 0 Å². The normalized spacial score (nSPS) is 10.3. The van der Waals surface area contributed by atoms with Crippen molar-refractivity contribution in [3.8, 4) is 16.9 Å². The van der Waals surface area contributed by atoms with Gasteiger partial charge in [0.2, 0.25) is 0 Å². The van der Waals surface area contributed by atoms with Crippen LogP contribution in [0.1, 0.15) is 5.56 Å². The molecule has 2 nitrogen and oxygen atoms in total. The first-order chi connectivity index (χ1) is 8.27. The summed E-state index contributed by atoms with van der Waals surface area (Å²) >= 11 is 0. The average molecular weight is 232 g/mol. The Kier molecular flexibility index (Phi) is 3.40. The van der Waals surface area contributed by atoms with Gasteiger partial charge in [0, 0.05) is 16.7 Å². The van der Waals surface area contributed by atoms with Crippen molar-refractivity contribution in [3.05, 3.63) is 53.8 Å². The zero-order valence-corrected chi connectivity index (χ0v) is 9.48. The standard InChI is InChI=1S/C14H13FO2/c1-17-14-10(9-16)5-4-7-12(14)11-6-2-3-8-13(11)15/h2-8,16H,9H2,1H3. The van der Waals surface area contributed by atoms with E-state index in [1.165, 1.54) is 13.2 Å². The number of ether oxygens (including phenoxy) is 1. The van der Waals surface area contributed by atoms with Gasteiger partial charge < -0.3 is 9.84 Å². The van der Waals surface area contributed by atoms with Crippen LogP contribution >= 0.6 is 0 Å². The van der Waals surface area contributed by atoms with Gasteiger partial charge in [-0.15, -0.1) is 0 Å². The Labute approximate surface area is 99.3 Å². The fourth-order valence-electron chi connectivity index (χ4n) is 1.84. The summed E-state index contributed by atoms with van der Waals surface area (Å²) in [4.78, 5) is 0. The summed E-state index contributed by atoms with van der Waals surface area (Å²) in [7, 11) is 1.51. The highest BCUT2D eigenvalue weighted by molar-refractivity contribution is 5.72. The lowest BCUT2D eigenvalue weighted by Crippen LogP contribution is -1.95. The number of rotatable bonds is 3. The largest absolute Gasteiger partial charge is 0.496 e. The Bertz CT molecular complexity index is 523. The maximum Gasteiger partial charge on any atom is 0.132 e. The second-order valence-corrected chi connectivity index (χ2v) is 3.64. The summed E-state index contributed by atoms with van der Waals surface area (Å²) in [5.74, 6) is 0.209. The molecule has 0 atom stereocenters. The average Bonchev–Trinajstić information content (AvgIpc) is 2.38. The molecule has 2 aromatic carbocycles. The topological polar surface area (TPSA) is 29.5 Å². The lowest BCUT2D eigenvalue weighted by Gasteiger charge is -2.12. The first-order valence-corrected chi connectivity index (χ1v) is 5.29. The highest BCUT2D eigenvalue weighted by Crippen LogP contribution is 2.34. The third-order valence-corrected chi connectivity index (χ3v) is 2.64. The predicted molar refractivity (Wildman–Crippen MR) is 64.3 cm³/mol. The van der Waals surface area contributed by atoms with E-state index < -0.39 is 0 Å². The quantitative estimate of drug-likeness (QED) is 0.881. The Morgan fingerprint density at radius 3 is 2.41 bits per heavy atom. The minimum Gasteiger partial charge on any atom is -0.496 e. The monoisotopic (exact) mass is 232 g/mol. The van der Waals surface area contributed by atoms with Gasteiger partial charge in [-0.3, -0.25) is 0 Å². The number of hydrogen-bond acceptors (Lipinski definition) is 2. The van der Waals surface area contributed by atoms with Crippen LogP contribution in [0.2, 0.25) is 0 Å². The minimum atomic E-state index is -0.305. The highest BCUT2D eigenvalue weighted by Gasteiger charge is 2.12. The van der Waals surface area contributed by atoms with Crippen LogP contribution in [0.5, 0.6) is 5.75 Å². The number of aliphatic hydroxyl groups is 1. The lowest BCUT2D eigenvalue weighted by atomic mass is 10.0. The molecule has 2 aromatic rings. The summed E-state index contributed by atoms with van der Waals surface area (Å²) in [5, 5.41) is 9.22. The summed E-state index contributed by atoms with van der Waals surface area (Å²) in [6.07, 6.45) is 0. The van der Waals surface area contributed by atoms with Crippen molar-refractivity contribution in [2.24, 2.45) is 0 Å². The number of hydrogen-bond donors (Lipinski definition) is 1. The molecule has 0 bridgehead atoms. The van der Waals surface area contributed by atoms with Gasteiger partial charge in [0.05, 0.1) is 13.7 Å². The molecule has 0 aliphatic rings. The fraction of sp³-hybridized carbons (Fsp3) is 0.143. The van der Waals surface area contributed by atoms with Crippen LogP contribution in [0.15, 0.2) is 42.5 Å². The van der Waals surface area contributed by atoms with Gasteiger partial charge in [0.25, 0.3) is 0 Å². The molecule has 0 heterocycles. The molecule has 0 aliphatic heterocycles. The molecule has 88 valence electrons. The molecule has 0 aromatic heterocycles. The molecule has 2 rings (SSSR count). The zero-order chi connectivity index (χ0) is 12.3. The molecule has 0 amide bonds. The molecule has 0 fully saturated rings. The lowest BCUT2D eigenvalue weighted by molar-refractivity contribution is 0.274. The molecule has 0 radical (unpaired) electrons. The Hall–Kier alpha value is -1.87. The van der Waals surface area contributed by atoms with Crippen LogP contribution < -0.4 is 4.74 Å². The van der Waals surface area contributed by atoms with Crippen molar-refractivity contribution in [1.82, 2.24) is 0 Å². The van der Waals surface area contributed by atoms with Gasteiger partial charge in [-0.25, -0.2) is 4.39 Å². The molecular weight excluding hydrogens is 219 g/mol. The van der Waals surface area contributed by atoms with Gasteiger partial charge in [0.15, 0.2) is 0 Å². The van der Waals surface area contributed by atoms with Gasteiger partial charge in [0.1, 0.15) is 11.6 Å². The Morgan fingerprint density at radius 2 is 1.76 bits per heavy atom. The molecule has 0 saturated heterocycles. The van der Waals surface area contributed by atoms with Crippen molar-refractivity contribution in [2.45, 2.75) is 6.61 Å². The predicted octanol–water partition coefficient (Wildman–Crippen LogP) is 2.99. The van der Waals surface area contributed by atoms with E-state index in [4.69, 9.17) is 4.74 Å². The molecule has 0 aliphatic carbocycles. The summed E-state index contributed by atoms with van der Waals surface area (Å²) in [6, 6.07) is 11.8. The zero-order valence-electron chi connectivity index (χ0n) is 9.48. The molecule has 0 saturated carbocycles. The van der Waals surface area contributed by atoms with Crippen molar-refractivity contribution in [3.63, 3.8) is 0 Å². The second-order valence-electron chi connectivity index (χ2n) is 3.64. The van der Waals surface area contributed by atoms with E-state index in [1.54, 1.807) is 36.4 Å². The van der Waals surface area contributed by atoms with Crippen molar-refractivity contribution < 1.29 is 14.2 Å². The smallest absolute Gasteiger partial charge is 0.132 e. The van der Waals surface area contributed by atoms with Crippen LogP contribution in [-0.4, -0.2) is 12.2 Å². The van der Waals surface area contributed by atoms with Crippen LogP contribution in [-0.2, 0) is 6.61 Å². The molecule has 3 heteroatoms. The van der Waals surface area contributed by atoms with E-state index in [0.29, 0.717) is 22.4 Å². The maximum absolute atomic E-state index is 13.7. The van der Waals surface area contributed by atoms with E-state index in [2.05, 4.69) is 0 Å². The van der Waals surface area contributed by atoms with E-state index in [-0.39, 0.29) is 12.4 Å². The highest BCUT2D eigenvalue weighted by atomic mass is 19.1. The van der Waals surface area contributed by atoms with Gasteiger partial charge >= 0.3 is 0 Å². The Balaban J connectivity index is 2.63. The summed E-state index contributed by atoms with van der Waals surface area (Å²) in [6.45, 7) is -0.133. The molecule has 0 spiro atoms. The van der Waals surface area contributed by atoms with Crippen LogP contribution in [0.4, 0.5) is 4.39 Å². The number of methoxy groups -OCH3 is 1. The third kappa shape index (κ3) is 2.15. The van der Waals surface area contributed by atoms with E-state index >= 15 is 0 Å². The SMILES string of the molecule is COc1c(CO)cccc1-c1ccccc1F. The van der Waals surface area contributed by atoms with Gasteiger partial charge in [-0.05, 0) is 6.07 Å². The van der Waals surface area contributed by atoms with Crippen LogP contribution in [0, 0.1) is 5.82 Å². The number of benzene rings is 2. The maximum atomic E-state index is 13.7. The van der Waals surface area contributed by atoms with E-state index in [9.17, 15) is 9.50 Å². The van der Waals surface area contributed by atoms with Crippen molar-refractivity contribution >= 4 is 0 Å².